The Morgan fingerprint density at radius 3 is 2.10 bits per heavy atom. The molecule has 1 amide bonds. The molecule has 0 unspecified atom stereocenters. The summed E-state index contributed by atoms with van der Waals surface area (Å²) in [6.07, 6.45) is -5.99. The summed E-state index contributed by atoms with van der Waals surface area (Å²) in [4.78, 5) is 51.2. The average Bonchev–Trinajstić information content (AvgIpc) is 2.89. The van der Waals surface area contributed by atoms with Gasteiger partial charge in [-0.1, -0.05) is 45.0 Å². The van der Waals surface area contributed by atoms with Gasteiger partial charge in [-0.15, -0.1) is 0 Å². The lowest BCUT2D eigenvalue weighted by Gasteiger charge is -2.25. The first-order valence-corrected chi connectivity index (χ1v) is 12.6. The first-order valence-electron chi connectivity index (χ1n) is 12.6. The molecule has 2 aromatic carbocycles. The van der Waals surface area contributed by atoms with E-state index < -0.39 is 53.9 Å². The fourth-order valence-electron chi connectivity index (χ4n) is 4.02. The van der Waals surface area contributed by atoms with Crippen LogP contribution in [0.25, 0.3) is 0 Å². The number of alkyl halides is 3. The molecule has 0 saturated heterocycles. The summed E-state index contributed by atoms with van der Waals surface area (Å²) in [5.74, 6) is -5.95. The Kier molecular flexibility index (Phi) is 11.2. The third-order valence-corrected chi connectivity index (χ3v) is 6.31. The summed E-state index contributed by atoms with van der Waals surface area (Å²) in [5, 5.41) is 2.58. The molecular formula is C29H34F3NO6. The maximum absolute atomic E-state index is 13.3. The molecule has 2 aromatic rings. The molecule has 0 heterocycles. The van der Waals surface area contributed by atoms with Crippen LogP contribution in [0.15, 0.2) is 48.5 Å². The molecule has 7 nitrogen and oxygen atoms in total. The van der Waals surface area contributed by atoms with Crippen molar-refractivity contribution < 1.29 is 41.8 Å². The standard InChI is InChI=1S/C29H34F3NO6/c1-6-39-22-9-7-8-20(15-22)24(34)14-18(4)28(37)33-26(19-10-12-21(38-5)13-11-19)25(35)16-23(17(2)3)27(36)29(30,31)32/h7-13,15,17-18,23,26H,6,14,16H2,1-5H3,(H,33,37)/t18-,23+,26+/m1/s1. The number of benzene rings is 2. The summed E-state index contributed by atoms with van der Waals surface area (Å²) in [6, 6.07) is 11.3. The number of rotatable bonds is 14. The van der Waals surface area contributed by atoms with Gasteiger partial charge in [0.15, 0.2) is 11.6 Å². The van der Waals surface area contributed by atoms with Gasteiger partial charge in [0.05, 0.1) is 13.7 Å². The Labute approximate surface area is 226 Å². The lowest BCUT2D eigenvalue weighted by Crippen LogP contribution is -2.40. The van der Waals surface area contributed by atoms with Crippen LogP contribution in [-0.4, -0.2) is 43.1 Å². The first-order chi connectivity index (χ1) is 18.3. The van der Waals surface area contributed by atoms with Crippen LogP contribution in [0.3, 0.4) is 0 Å². The van der Waals surface area contributed by atoms with E-state index in [1.807, 2.05) is 6.92 Å². The highest BCUT2D eigenvalue weighted by Crippen LogP contribution is 2.30. The van der Waals surface area contributed by atoms with E-state index in [1.54, 1.807) is 36.4 Å². The molecule has 0 aliphatic rings. The van der Waals surface area contributed by atoms with Crippen molar-refractivity contribution in [2.24, 2.45) is 17.8 Å². The second-order valence-electron chi connectivity index (χ2n) is 9.59. The predicted molar refractivity (Wildman–Crippen MR) is 139 cm³/mol. The van der Waals surface area contributed by atoms with Gasteiger partial charge in [0.2, 0.25) is 11.7 Å². The highest BCUT2D eigenvalue weighted by atomic mass is 19.4. The summed E-state index contributed by atoms with van der Waals surface area (Å²) in [6.45, 7) is 6.60. The van der Waals surface area contributed by atoms with E-state index in [2.05, 4.69) is 5.32 Å². The number of carbonyl (C=O) groups is 4. The lowest BCUT2D eigenvalue weighted by atomic mass is 9.84. The van der Waals surface area contributed by atoms with Gasteiger partial charge in [-0.3, -0.25) is 19.2 Å². The van der Waals surface area contributed by atoms with Gasteiger partial charge in [-0.05, 0) is 42.7 Å². The second kappa shape index (κ2) is 13.9. The van der Waals surface area contributed by atoms with Crippen LogP contribution in [-0.2, 0) is 14.4 Å². The third-order valence-electron chi connectivity index (χ3n) is 6.31. The second-order valence-corrected chi connectivity index (χ2v) is 9.59. The van der Waals surface area contributed by atoms with Crippen molar-refractivity contribution in [3.63, 3.8) is 0 Å². The molecule has 2 rings (SSSR count). The number of hydrogen-bond acceptors (Lipinski definition) is 6. The Morgan fingerprint density at radius 1 is 0.923 bits per heavy atom. The maximum atomic E-state index is 13.3. The number of nitrogens with one attached hydrogen (secondary N) is 1. The van der Waals surface area contributed by atoms with E-state index >= 15 is 0 Å². The smallest absolute Gasteiger partial charge is 0.450 e. The van der Waals surface area contributed by atoms with Gasteiger partial charge in [0.25, 0.3) is 0 Å². The minimum atomic E-state index is -5.09. The number of amides is 1. The van der Waals surface area contributed by atoms with E-state index in [0.717, 1.165) is 0 Å². The Morgan fingerprint density at radius 2 is 1.56 bits per heavy atom. The molecule has 1 N–H and O–H groups in total. The number of Topliss-reactive ketones (excluding diaryl/α,β-unsaturated/α-hetero) is 3. The molecule has 3 atom stereocenters. The third kappa shape index (κ3) is 8.94. The molecule has 0 aliphatic carbocycles. The molecule has 39 heavy (non-hydrogen) atoms. The summed E-state index contributed by atoms with van der Waals surface area (Å²) in [7, 11) is 1.44. The van der Waals surface area contributed by atoms with Crippen molar-refractivity contribution >= 4 is 23.3 Å². The van der Waals surface area contributed by atoms with Crippen LogP contribution in [0.5, 0.6) is 11.5 Å². The topological polar surface area (TPSA) is 98.8 Å². The Balaban J connectivity index is 2.26. The van der Waals surface area contributed by atoms with Crippen molar-refractivity contribution in [1.82, 2.24) is 5.32 Å². The molecule has 0 fully saturated rings. The Hall–Kier alpha value is -3.69. The number of ether oxygens (including phenoxy) is 2. The number of carbonyl (C=O) groups excluding carboxylic acids is 4. The molecule has 0 aromatic heterocycles. The first kappa shape index (κ1) is 31.5. The van der Waals surface area contributed by atoms with E-state index in [9.17, 15) is 32.3 Å². The fraction of sp³-hybridized carbons (Fsp3) is 0.448. The largest absolute Gasteiger partial charge is 0.497 e. The van der Waals surface area contributed by atoms with E-state index in [4.69, 9.17) is 9.47 Å². The maximum Gasteiger partial charge on any atom is 0.450 e. The highest BCUT2D eigenvalue weighted by Gasteiger charge is 2.45. The van der Waals surface area contributed by atoms with Crippen molar-refractivity contribution in [3.8, 4) is 11.5 Å². The summed E-state index contributed by atoms with van der Waals surface area (Å²) >= 11 is 0. The fourth-order valence-corrected chi connectivity index (χ4v) is 4.02. The summed E-state index contributed by atoms with van der Waals surface area (Å²) in [5.41, 5.74) is 0.660. The van der Waals surface area contributed by atoms with E-state index in [1.165, 1.54) is 40.0 Å². The summed E-state index contributed by atoms with van der Waals surface area (Å²) < 4.78 is 50.1. The van der Waals surface area contributed by atoms with E-state index in [0.29, 0.717) is 29.2 Å². The normalized spacial score (nSPS) is 13.8. The van der Waals surface area contributed by atoms with Crippen LogP contribution < -0.4 is 14.8 Å². The quantitative estimate of drug-likeness (QED) is 0.312. The van der Waals surface area contributed by atoms with Gasteiger partial charge in [0, 0.05) is 30.2 Å². The molecular weight excluding hydrogens is 515 g/mol. The minimum absolute atomic E-state index is 0.174. The van der Waals surface area contributed by atoms with Crippen molar-refractivity contribution in [2.45, 2.75) is 52.8 Å². The van der Waals surface area contributed by atoms with Crippen LogP contribution in [0.4, 0.5) is 13.2 Å². The zero-order valence-electron chi connectivity index (χ0n) is 22.6. The highest BCUT2D eigenvalue weighted by molar-refractivity contribution is 6.00. The SMILES string of the molecule is CCOc1cccc(C(=O)C[C@@H](C)C(=O)N[C@H](C(=O)C[C@H](C(=O)C(F)(F)F)C(C)C)c2ccc(OC)cc2)c1. The average molecular weight is 550 g/mol. The monoisotopic (exact) mass is 549 g/mol. The van der Waals surface area contributed by atoms with Crippen LogP contribution in [0, 0.1) is 17.8 Å². The number of hydrogen-bond donors (Lipinski definition) is 1. The molecule has 10 heteroatoms. The molecule has 0 radical (unpaired) electrons. The molecule has 0 spiro atoms. The lowest BCUT2D eigenvalue weighted by molar-refractivity contribution is -0.177. The number of ketones is 3. The zero-order chi connectivity index (χ0) is 29.3. The molecule has 212 valence electrons. The van der Waals surface area contributed by atoms with E-state index in [-0.39, 0.29) is 12.2 Å². The number of halogens is 3. The van der Waals surface area contributed by atoms with Gasteiger partial charge in [-0.25, -0.2) is 0 Å². The zero-order valence-corrected chi connectivity index (χ0v) is 22.6. The minimum Gasteiger partial charge on any atom is -0.497 e. The van der Waals surface area contributed by atoms with Gasteiger partial charge in [-0.2, -0.15) is 13.2 Å². The van der Waals surface area contributed by atoms with Crippen LogP contribution in [0.1, 0.15) is 62.5 Å². The molecule has 0 saturated carbocycles. The predicted octanol–water partition coefficient (Wildman–Crippen LogP) is 5.52. The van der Waals surface area contributed by atoms with Gasteiger partial charge < -0.3 is 14.8 Å². The Bertz CT molecular complexity index is 1160. The number of methoxy groups -OCH3 is 1. The molecule has 0 bridgehead atoms. The van der Waals surface area contributed by atoms with Crippen molar-refractivity contribution in [1.29, 1.82) is 0 Å². The van der Waals surface area contributed by atoms with Crippen LogP contribution >= 0.6 is 0 Å². The van der Waals surface area contributed by atoms with Gasteiger partial charge >= 0.3 is 6.18 Å². The van der Waals surface area contributed by atoms with Crippen LogP contribution in [0.2, 0.25) is 0 Å². The molecule has 0 aliphatic heterocycles. The van der Waals surface area contributed by atoms with Crippen molar-refractivity contribution in [2.75, 3.05) is 13.7 Å². The van der Waals surface area contributed by atoms with Crippen molar-refractivity contribution in [3.05, 3.63) is 59.7 Å². The van der Waals surface area contributed by atoms with Gasteiger partial charge in [0.1, 0.15) is 17.5 Å².